The molecule has 2 aromatic carbocycles. The third kappa shape index (κ3) is 4.08. The van der Waals surface area contributed by atoms with Crippen LogP contribution in [-0.2, 0) is 21.2 Å². The molecule has 0 heterocycles. The Kier molecular flexibility index (Phi) is 5.65. The van der Waals surface area contributed by atoms with Gasteiger partial charge in [0.1, 0.15) is 6.04 Å². The Morgan fingerprint density at radius 1 is 1.04 bits per heavy atom. The molecule has 0 aliphatic carbocycles. The Morgan fingerprint density at radius 2 is 1.56 bits per heavy atom. The lowest BCUT2D eigenvalue weighted by Crippen LogP contribution is -2.44. The molecular weight excluding hydrogens is 338 g/mol. The minimum absolute atomic E-state index is 0.0911. The smallest absolute Gasteiger partial charge is 0.322 e. The van der Waals surface area contributed by atoms with E-state index in [0.717, 1.165) is 26.6 Å². The normalized spacial score (nSPS) is 13.0. The number of carbonyl (C=O) groups is 1. The third-order valence-corrected chi connectivity index (χ3v) is 6.34. The summed E-state index contributed by atoms with van der Waals surface area (Å²) in [4.78, 5) is 11.9. The van der Waals surface area contributed by atoms with Crippen molar-refractivity contribution in [2.75, 3.05) is 7.05 Å². The van der Waals surface area contributed by atoms with Crippen LogP contribution in [0.3, 0.4) is 0 Å². The van der Waals surface area contributed by atoms with Gasteiger partial charge in [-0.1, -0.05) is 35.9 Å². The summed E-state index contributed by atoms with van der Waals surface area (Å²) in [5, 5.41) is 9.64. The number of aryl methyl sites for hydroxylation is 3. The summed E-state index contributed by atoms with van der Waals surface area (Å²) in [5.74, 6) is -1.17. The maximum Gasteiger partial charge on any atom is 0.322 e. The zero-order chi connectivity index (χ0) is 18.8. The fourth-order valence-electron chi connectivity index (χ4n) is 2.78. The number of hydrogen-bond acceptors (Lipinski definition) is 3. The van der Waals surface area contributed by atoms with E-state index in [0.29, 0.717) is 0 Å². The van der Waals surface area contributed by atoms with Gasteiger partial charge in [-0.15, -0.1) is 0 Å². The number of hydrogen-bond donors (Lipinski definition) is 1. The average molecular weight is 361 g/mol. The number of carboxylic acid groups (broad SMARTS) is 1. The Morgan fingerprint density at radius 3 is 2.04 bits per heavy atom. The van der Waals surface area contributed by atoms with Gasteiger partial charge >= 0.3 is 5.97 Å². The van der Waals surface area contributed by atoms with E-state index in [2.05, 4.69) is 0 Å². The van der Waals surface area contributed by atoms with Crippen molar-refractivity contribution in [3.63, 3.8) is 0 Å². The van der Waals surface area contributed by atoms with Crippen molar-refractivity contribution < 1.29 is 18.3 Å². The fourth-order valence-corrected chi connectivity index (χ4v) is 4.09. The molecule has 5 nitrogen and oxygen atoms in total. The number of sulfonamides is 1. The van der Waals surface area contributed by atoms with Gasteiger partial charge in [0.25, 0.3) is 0 Å². The molecular formula is C19H23NO4S. The number of likely N-dealkylation sites (N-methyl/N-ethyl adjacent to an activating group) is 1. The average Bonchev–Trinajstić information content (AvgIpc) is 2.54. The lowest BCUT2D eigenvalue weighted by Gasteiger charge is -2.25. The van der Waals surface area contributed by atoms with Crippen LogP contribution < -0.4 is 0 Å². The maximum atomic E-state index is 12.8. The van der Waals surface area contributed by atoms with Crippen molar-refractivity contribution in [3.8, 4) is 0 Å². The van der Waals surface area contributed by atoms with Crippen LogP contribution >= 0.6 is 0 Å². The van der Waals surface area contributed by atoms with Gasteiger partial charge in [0, 0.05) is 13.5 Å². The topological polar surface area (TPSA) is 74.7 Å². The third-order valence-electron chi connectivity index (χ3n) is 4.46. The fraction of sp³-hybridized carbons (Fsp3) is 0.316. The Bertz CT molecular complexity index is 853. The molecule has 0 fully saturated rings. The number of aliphatic carboxylic acids is 1. The van der Waals surface area contributed by atoms with E-state index in [1.807, 2.05) is 39.0 Å². The van der Waals surface area contributed by atoms with Crippen molar-refractivity contribution in [1.82, 2.24) is 4.31 Å². The molecule has 1 atom stereocenters. The number of nitrogens with zero attached hydrogens (tertiary/aromatic N) is 1. The Hall–Kier alpha value is -2.18. The lowest BCUT2D eigenvalue weighted by molar-refractivity contribution is -0.141. The van der Waals surface area contributed by atoms with Crippen molar-refractivity contribution in [2.24, 2.45) is 0 Å². The van der Waals surface area contributed by atoms with E-state index >= 15 is 0 Å². The summed E-state index contributed by atoms with van der Waals surface area (Å²) >= 11 is 0. The van der Waals surface area contributed by atoms with Gasteiger partial charge in [-0.25, -0.2) is 8.42 Å². The zero-order valence-corrected chi connectivity index (χ0v) is 15.7. The second-order valence-corrected chi connectivity index (χ2v) is 8.26. The molecule has 1 N–H and O–H groups in total. The van der Waals surface area contributed by atoms with Gasteiger partial charge < -0.3 is 5.11 Å². The Labute approximate surface area is 149 Å². The van der Waals surface area contributed by atoms with Crippen LogP contribution in [0.2, 0.25) is 0 Å². The molecule has 25 heavy (non-hydrogen) atoms. The molecule has 0 aromatic heterocycles. The van der Waals surface area contributed by atoms with Crippen LogP contribution in [0.25, 0.3) is 0 Å². The highest BCUT2D eigenvalue weighted by atomic mass is 32.2. The van der Waals surface area contributed by atoms with Crippen LogP contribution in [0.5, 0.6) is 0 Å². The first-order chi connectivity index (χ1) is 11.6. The standard InChI is InChI=1S/C19H23NO4S/c1-13-8-10-16(11-9-13)25(23,24)20(4)18(19(21)22)12-17-14(2)6-5-7-15(17)3/h5-11,18H,12H2,1-4H3,(H,21,22)/t18-/m0/s1. The van der Waals surface area contributed by atoms with Gasteiger partial charge in [-0.2, -0.15) is 4.31 Å². The van der Waals surface area contributed by atoms with Gasteiger partial charge in [0.15, 0.2) is 0 Å². The van der Waals surface area contributed by atoms with Crippen molar-refractivity contribution >= 4 is 16.0 Å². The van der Waals surface area contributed by atoms with E-state index in [9.17, 15) is 18.3 Å². The van der Waals surface area contributed by atoms with Gasteiger partial charge in [-0.05, 0) is 49.6 Å². The quantitative estimate of drug-likeness (QED) is 0.858. The highest BCUT2D eigenvalue weighted by Crippen LogP contribution is 2.22. The summed E-state index contributed by atoms with van der Waals surface area (Å²) in [6.45, 7) is 5.66. The van der Waals surface area contributed by atoms with Crippen LogP contribution in [0.1, 0.15) is 22.3 Å². The van der Waals surface area contributed by atoms with E-state index in [-0.39, 0.29) is 11.3 Å². The second kappa shape index (κ2) is 7.37. The van der Waals surface area contributed by atoms with Gasteiger partial charge in [0.05, 0.1) is 4.90 Å². The first-order valence-electron chi connectivity index (χ1n) is 7.97. The summed E-state index contributed by atoms with van der Waals surface area (Å²) in [6, 6.07) is 10.9. The number of carboxylic acids is 1. The molecule has 0 saturated heterocycles. The van der Waals surface area contributed by atoms with Crippen molar-refractivity contribution in [1.29, 1.82) is 0 Å². The molecule has 2 rings (SSSR count). The summed E-state index contributed by atoms with van der Waals surface area (Å²) in [7, 11) is -2.57. The summed E-state index contributed by atoms with van der Waals surface area (Å²) in [5.41, 5.74) is 3.70. The van der Waals surface area contributed by atoms with E-state index in [4.69, 9.17) is 0 Å². The van der Waals surface area contributed by atoms with Crippen LogP contribution in [0.15, 0.2) is 47.4 Å². The van der Waals surface area contributed by atoms with Crippen LogP contribution in [-0.4, -0.2) is 36.9 Å². The first-order valence-corrected chi connectivity index (χ1v) is 9.41. The number of benzene rings is 2. The van der Waals surface area contributed by atoms with Crippen molar-refractivity contribution in [2.45, 2.75) is 38.1 Å². The molecule has 6 heteroatoms. The zero-order valence-electron chi connectivity index (χ0n) is 14.9. The second-order valence-electron chi connectivity index (χ2n) is 6.26. The highest BCUT2D eigenvalue weighted by molar-refractivity contribution is 7.89. The molecule has 0 bridgehead atoms. The van der Waals surface area contributed by atoms with Crippen molar-refractivity contribution in [3.05, 3.63) is 64.7 Å². The lowest BCUT2D eigenvalue weighted by atomic mass is 9.96. The number of rotatable bonds is 6. The van der Waals surface area contributed by atoms with E-state index in [1.54, 1.807) is 12.1 Å². The minimum atomic E-state index is -3.89. The molecule has 0 radical (unpaired) electrons. The predicted octanol–water partition coefficient (Wildman–Crippen LogP) is 2.93. The monoisotopic (exact) mass is 361 g/mol. The van der Waals surface area contributed by atoms with E-state index in [1.165, 1.54) is 19.2 Å². The molecule has 2 aromatic rings. The highest BCUT2D eigenvalue weighted by Gasteiger charge is 2.33. The first kappa shape index (κ1) is 19.1. The molecule has 0 unspecified atom stereocenters. The van der Waals surface area contributed by atoms with E-state index < -0.39 is 22.0 Å². The van der Waals surface area contributed by atoms with Crippen LogP contribution in [0.4, 0.5) is 0 Å². The molecule has 0 spiro atoms. The maximum absolute atomic E-state index is 12.8. The molecule has 0 aliphatic heterocycles. The molecule has 0 aliphatic rings. The van der Waals surface area contributed by atoms with Gasteiger partial charge in [-0.3, -0.25) is 4.79 Å². The minimum Gasteiger partial charge on any atom is -0.480 e. The summed E-state index contributed by atoms with van der Waals surface area (Å²) in [6.07, 6.45) is 0.120. The molecule has 0 amide bonds. The largest absolute Gasteiger partial charge is 0.480 e. The Balaban J connectivity index is 2.39. The molecule has 0 saturated carbocycles. The predicted molar refractivity (Wildman–Crippen MR) is 97.2 cm³/mol. The van der Waals surface area contributed by atoms with Crippen LogP contribution in [0, 0.1) is 20.8 Å². The SMILES string of the molecule is Cc1ccc(S(=O)(=O)N(C)[C@@H](Cc2c(C)cccc2C)C(=O)O)cc1. The summed E-state index contributed by atoms with van der Waals surface area (Å²) < 4.78 is 26.6. The van der Waals surface area contributed by atoms with Gasteiger partial charge in [0.2, 0.25) is 10.0 Å². The molecule has 134 valence electrons.